The van der Waals surface area contributed by atoms with Gasteiger partial charge in [0.25, 0.3) is 0 Å². The van der Waals surface area contributed by atoms with Crippen LogP contribution >= 0.6 is 11.3 Å². The maximum Gasteiger partial charge on any atom is 0.228 e. The highest BCUT2D eigenvalue weighted by Gasteiger charge is 2.25. The van der Waals surface area contributed by atoms with Crippen molar-refractivity contribution in [3.8, 4) is 11.1 Å². The van der Waals surface area contributed by atoms with E-state index in [1.165, 1.54) is 22.4 Å². The SMILES string of the molecule is CC1CCc2c(sc(N)c2-c2ccc3c(c2)CC(=O)N3)C1. The lowest BCUT2D eigenvalue weighted by Gasteiger charge is -2.19. The van der Waals surface area contributed by atoms with Crippen molar-refractivity contribution in [3.63, 3.8) is 0 Å². The van der Waals surface area contributed by atoms with Gasteiger partial charge in [-0.25, -0.2) is 0 Å². The third-order valence-electron chi connectivity index (χ3n) is 4.56. The number of hydrogen-bond donors (Lipinski definition) is 2. The summed E-state index contributed by atoms with van der Waals surface area (Å²) in [6.07, 6.45) is 3.98. The van der Waals surface area contributed by atoms with Gasteiger partial charge in [-0.3, -0.25) is 4.79 Å². The summed E-state index contributed by atoms with van der Waals surface area (Å²) < 4.78 is 0. The Morgan fingerprint density at radius 2 is 2.24 bits per heavy atom. The van der Waals surface area contributed by atoms with Crippen molar-refractivity contribution in [1.29, 1.82) is 0 Å². The molecular formula is C17H18N2OS. The summed E-state index contributed by atoms with van der Waals surface area (Å²) in [5.74, 6) is 0.835. The van der Waals surface area contributed by atoms with Gasteiger partial charge in [-0.2, -0.15) is 0 Å². The highest BCUT2D eigenvalue weighted by atomic mass is 32.1. The number of carbonyl (C=O) groups excluding carboxylic acids is 1. The van der Waals surface area contributed by atoms with Crippen molar-refractivity contribution in [3.05, 3.63) is 34.2 Å². The lowest BCUT2D eigenvalue weighted by molar-refractivity contribution is -0.115. The number of nitrogens with one attached hydrogen (secondary N) is 1. The van der Waals surface area contributed by atoms with Crippen LogP contribution in [0.25, 0.3) is 11.1 Å². The van der Waals surface area contributed by atoms with E-state index >= 15 is 0 Å². The van der Waals surface area contributed by atoms with E-state index in [4.69, 9.17) is 5.73 Å². The van der Waals surface area contributed by atoms with Crippen LogP contribution in [0.3, 0.4) is 0 Å². The molecule has 3 N–H and O–H groups in total. The van der Waals surface area contributed by atoms with Crippen LogP contribution in [0.1, 0.15) is 29.3 Å². The molecule has 0 fully saturated rings. The number of nitrogen functional groups attached to an aromatic ring is 1. The summed E-state index contributed by atoms with van der Waals surface area (Å²) >= 11 is 1.74. The van der Waals surface area contributed by atoms with E-state index < -0.39 is 0 Å². The lowest BCUT2D eigenvalue weighted by Crippen LogP contribution is -2.09. The maximum atomic E-state index is 11.5. The van der Waals surface area contributed by atoms with E-state index in [2.05, 4.69) is 24.4 Å². The number of carbonyl (C=O) groups is 1. The Balaban J connectivity index is 1.81. The maximum absolute atomic E-state index is 11.5. The van der Waals surface area contributed by atoms with Crippen molar-refractivity contribution < 1.29 is 4.79 Å². The summed E-state index contributed by atoms with van der Waals surface area (Å²) in [6.45, 7) is 2.31. The summed E-state index contributed by atoms with van der Waals surface area (Å²) in [7, 11) is 0. The van der Waals surface area contributed by atoms with Crippen molar-refractivity contribution in [1.82, 2.24) is 0 Å². The molecule has 1 atom stereocenters. The van der Waals surface area contributed by atoms with Crippen molar-refractivity contribution in [2.24, 2.45) is 5.92 Å². The van der Waals surface area contributed by atoms with Gasteiger partial charge in [-0.05, 0) is 54.0 Å². The molecule has 21 heavy (non-hydrogen) atoms. The molecule has 4 heteroatoms. The highest BCUT2D eigenvalue weighted by Crippen LogP contribution is 2.44. The second-order valence-electron chi connectivity index (χ2n) is 6.19. The summed E-state index contributed by atoms with van der Waals surface area (Å²) in [6, 6.07) is 6.22. The fourth-order valence-corrected chi connectivity index (χ4v) is 4.78. The van der Waals surface area contributed by atoms with Gasteiger partial charge in [0, 0.05) is 16.1 Å². The Bertz CT molecular complexity index is 747. The molecule has 2 aromatic rings. The van der Waals surface area contributed by atoms with Crippen LogP contribution in [-0.2, 0) is 24.1 Å². The number of thiophene rings is 1. The fourth-order valence-electron chi connectivity index (χ4n) is 3.47. The van der Waals surface area contributed by atoms with Gasteiger partial charge >= 0.3 is 0 Å². The van der Waals surface area contributed by atoms with E-state index in [1.54, 1.807) is 11.3 Å². The molecule has 2 heterocycles. The van der Waals surface area contributed by atoms with Gasteiger partial charge < -0.3 is 11.1 Å². The van der Waals surface area contributed by atoms with Crippen molar-refractivity contribution in [2.75, 3.05) is 11.1 Å². The minimum atomic E-state index is 0.0799. The number of amides is 1. The third-order valence-corrected chi connectivity index (χ3v) is 5.64. The predicted octanol–water partition coefficient (Wildman–Crippen LogP) is 3.62. The zero-order valence-electron chi connectivity index (χ0n) is 12.0. The zero-order chi connectivity index (χ0) is 14.6. The molecule has 108 valence electrons. The van der Waals surface area contributed by atoms with Crippen LogP contribution in [0.2, 0.25) is 0 Å². The van der Waals surface area contributed by atoms with Gasteiger partial charge in [-0.1, -0.05) is 13.0 Å². The zero-order valence-corrected chi connectivity index (χ0v) is 12.8. The molecule has 2 aliphatic rings. The molecule has 1 aliphatic heterocycles. The number of anilines is 2. The molecule has 0 spiro atoms. The van der Waals surface area contributed by atoms with Crippen LogP contribution in [0, 0.1) is 5.92 Å². The molecule has 4 rings (SSSR count). The minimum Gasteiger partial charge on any atom is -0.390 e. The highest BCUT2D eigenvalue weighted by molar-refractivity contribution is 7.16. The fraction of sp³-hybridized carbons (Fsp3) is 0.353. The van der Waals surface area contributed by atoms with Crippen LogP contribution in [-0.4, -0.2) is 5.91 Å². The van der Waals surface area contributed by atoms with Gasteiger partial charge in [0.15, 0.2) is 0 Å². The summed E-state index contributed by atoms with van der Waals surface area (Å²) in [5, 5.41) is 3.81. The Labute approximate surface area is 128 Å². The quantitative estimate of drug-likeness (QED) is 0.845. The number of fused-ring (bicyclic) bond motifs is 2. The van der Waals surface area contributed by atoms with E-state index in [0.29, 0.717) is 6.42 Å². The molecule has 1 unspecified atom stereocenters. The van der Waals surface area contributed by atoms with E-state index in [9.17, 15) is 4.79 Å². The molecule has 0 radical (unpaired) electrons. The second-order valence-corrected chi connectivity index (χ2v) is 7.32. The topological polar surface area (TPSA) is 55.1 Å². The van der Waals surface area contributed by atoms with Gasteiger partial charge in [0.2, 0.25) is 5.91 Å². The first-order valence-electron chi connectivity index (χ1n) is 7.45. The monoisotopic (exact) mass is 298 g/mol. The number of nitrogens with two attached hydrogens (primary N) is 1. The van der Waals surface area contributed by atoms with Crippen molar-refractivity contribution in [2.45, 2.75) is 32.6 Å². The van der Waals surface area contributed by atoms with Crippen LogP contribution in [0.5, 0.6) is 0 Å². The van der Waals surface area contributed by atoms with Crippen molar-refractivity contribution >= 4 is 27.9 Å². The van der Waals surface area contributed by atoms with Gasteiger partial charge in [0.05, 0.1) is 11.4 Å². The van der Waals surface area contributed by atoms with E-state index in [0.717, 1.165) is 40.6 Å². The Kier molecular flexibility index (Phi) is 2.82. The first-order chi connectivity index (χ1) is 10.1. The molecule has 1 aromatic carbocycles. The van der Waals surface area contributed by atoms with Gasteiger partial charge in [0.1, 0.15) is 0 Å². The van der Waals surface area contributed by atoms with Crippen LogP contribution in [0.15, 0.2) is 18.2 Å². The largest absolute Gasteiger partial charge is 0.390 e. The standard InChI is InChI=1S/C17H18N2OS/c1-9-2-4-12-14(6-9)21-17(18)16(12)10-3-5-13-11(7-10)8-15(20)19-13/h3,5,7,9H,2,4,6,8,18H2,1H3,(H,19,20). The van der Waals surface area contributed by atoms with Crippen LogP contribution < -0.4 is 11.1 Å². The summed E-state index contributed by atoms with van der Waals surface area (Å²) in [5.41, 5.74) is 12.1. The third kappa shape index (κ3) is 2.05. The van der Waals surface area contributed by atoms with E-state index in [1.807, 2.05) is 6.07 Å². The Morgan fingerprint density at radius 3 is 3.10 bits per heavy atom. The van der Waals surface area contributed by atoms with Gasteiger partial charge in [-0.15, -0.1) is 11.3 Å². The number of hydrogen-bond acceptors (Lipinski definition) is 3. The second kappa shape index (κ2) is 4.60. The number of benzene rings is 1. The molecule has 0 bridgehead atoms. The summed E-state index contributed by atoms with van der Waals surface area (Å²) in [4.78, 5) is 13.0. The normalized spacial score (nSPS) is 20.0. The number of rotatable bonds is 1. The molecule has 1 amide bonds. The molecule has 3 nitrogen and oxygen atoms in total. The molecule has 0 saturated heterocycles. The first-order valence-corrected chi connectivity index (χ1v) is 8.26. The Morgan fingerprint density at radius 1 is 1.38 bits per heavy atom. The molecule has 0 saturated carbocycles. The first kappa shape index (κ1) is 12.9. The molecule has 1 aliphatic carbocycles. The average Bonchev–Trinajstić information content (AvgIpc) is 2.95. The average molecular weight is 298 g/mol. The molecular weight excluding hydrogens is 280 g/mol. The smallest absolute Gasteiger partial charge is 0.228 e. The van der Waals surface area contributed by atoms with E-state index in [-0.39, 0.29) is 5.91 Å². The lowest BCUT2D eigenvalue weighted by atomic mass is 9.86. The van der Waals surface area contributed by atoms with Crippen LogP contribution in [0.4, 0.5) is 10.7 Å². The molecule has 1 aromatic heterocycles. The predicted molar refractivity (Wildman–Crippen MR) is 87.7 cm³/mol. The minimum absolute atomic E-state index is 0.0799. The Hall–Kier alpha value is -1.81.